The maximum Gasteiger partial charge on any atom is 0.449 e. The first-order valence-electron chi connectivity index (χ1n) is 4.81. The van der Waals surface area contributed by atoms with Crippen LogP contribution in [0.5, 0.6) is 0 Å². The van der Waals surface area contributed by atoms with Crippen LogP contribution in [-0.4, -0.2) is 35.0 Å². The lowest BCUT2D eigenvalue weighted by Gasteiger charge is -2.20. The van der Waals surface area contributed by atoms with Gasteiger partial charge < -0.3 is 14.4 Å². The number of halogens is 3. The molecule has 0 bridgehead atoms. The minimum Gasteiger partial charge on any atom is -0.480 e. The summed E-state index contributed by atoms with van der Waals surface area (Å²) >= 11 is 0. The second kappa shape index (κ2) is 4.71. The highest BCUT2D eigenvalue weighted by Gasteiger charge is 2.36. The van der Waals surface area contributed by atoms with Crippen LogP contribution in [0.1, 0.15) is 23.2 Å². The summed E-state index contributed by atoms with van der Waals surface area (Å²) in [5, 5.41) is 8.68. The van der Waals surface area contributed by atoms with Gasteiger partial charge in [-0.05, 0) is 19.1 Å². The minimum atomic E-state index is -4.69. The molecule has 1 aromatic rings. The van der Waals surface area contributed by atoms with Crippen LogP contribution in [0.15, 0.2) is 16.5 Å². The van der Waals surface area contributed by atoms with Gasteiger partial charge in [0.15, 0.2) is 5.76 Å². The first-order chi connectivity index (χ1) is 8.14. The van der Waals surface area contributed by atoms with Crippen LogP contribution >= 0.6 is 0 Å². The van der Waals surface area contributed by atoms with E-state index in [1.807, 2.05) is 0 Å². The predicted octanol–water partition coefficient (Wildman–Crippen LogP) is 1.84. The summed E-state index contributed by atoms with van der Waals surface area (Å²) in [6.07, 6.45) is -4.69. The van der Waals surface area contributed by atoms with E-state index in [-0.39, 0.29) is 0 Å². The smallest absolute Gasteiger partial charge is 0.449 e. The third-order valence-corrected chi connectivity index (χ3v) is 2.35. The molecule has 1 atom stereocenters. The molecule has 0 spiro atoms. The highest BCUT2D eigenvalue weighted by Crippen LogP contribution is 2.30. The Bertz CT molecular complexity index is 466. The van der Waals surface area contributed by atoms with E-state index in [2.05, 4.69) is 4.42 Å². The monoisotopic (exact) mass is 265 g/mol. The number of likely N-dealkylation sites (N-methyl/N-ethyl adjacent to an activating group) is 1. The van der Waals surface area contributed by atoms with E-state index in [4.69, 9.17) is 5.11 Å². The molecule has 1 unspecified atom stereocenters. The van der Waals surface area contributed by atoms with Crippen molar-refractivity contribution in [1.29, 1.82) is 0 Å². The van der Waals surface area contributed by atoms with Gasteiger partial charge in [-0.15, -0.1) is 0 Å². The lowest BCUT2D eigenvalue weighted by atomic mass is 10.3. The summed E-state index contributed by atoms with van der Waals surface area (Å²) in [4.78, 5) is 23.0. The summed E-state index contributed by atoms with van der Waals surface area (Å²) in [5.41, 5.74) is 0. The fourth-order valence-corrected chi connectivity index (χ4v) is 1.12. The fourth-order valence-electron chi connectivity index (χ4n) is 1.12. The summed E-state index contributed by atoms with van der Waals surface area (Å²) in [6, 6.07) is 0.305. The Morgan fingerprint density at radius 2 is 1.94 bits per heavy atom. The van der Waals surface area contributed by atoms with E-state index in [1.54, 1.807) is 0 Å². The lowest BCUT2D eigenvalue weighted by molar-refractivity contribution is -0.153. The normalized spacial score (nSPS) is 13.2. The third-order valence-electron chi connectivity index (χ3n) is 2.35. The quantitative estimate of drug-likeness (QED) is 0.905. The number of aliphatic carboxylic acids is 1. The van der Waals surface area contributed by atoms with Gasteiger partial charge in [0.1, 0.15) is 6.04 Å². The molecule has 18 heavy (non-hydrogen) atoms. The maximum absolute atomic E-state index is 12.2. The molecule has 1 amide bonds. The SMILES string of the molecule is CC(C(=O)O)N(C)C(=O)c1ccc(C(F)(F)F)o1. The maximum atomic E-state index is 12.2. The Kier molecular flexibility index (Phi) is 3.68. The Morgan fingerprint density at radius 1 is 1.39 bits per heavy atom. The fraction of sp³-hybridized carbons (Fsp3) is 0.400. The lowest BCUT2D eigenvalue weighted by Crippen LogP contribution is -2.40. The van der Waals surface area contributed by atoms with Crippen molar-refractivity contribution in [2.45, 2.75) is 19.1 Å². The van der Waals surface area contributed by atoms with E-state index in [0.29, 0.717) is 6.07 Å². The van der Waals surface area contributed by atoms with Crippen LogP contribution in [0.2, 0.25) is 0 Å². The average molecular weight is 265 g/mol. The van der Waals surface area contributed by atoms with Gasteiger partial charge in [-0.1, -0.05) is 0 Å². The third kappa shape index (κ3) is 2.82. The van der Waals surface area contributed by atoms with Gasteiger partial charge in [0.25, 0.3) is 5.91 Å². The molecule has 0 fully saturated rings. The number of carbonyl (C=O) groups excluding carboxylic acids is 1. The number of carboxylic acid groups (broad SMARTS) is 1. The number of carbonyl (C=O) groups is 2. The average Bonchev–Trinajstić information content (AvgIpc) is 2.74. The van der Waals surface area contributed by atoms with Gasteiger partial charge in [0.05, 0.1) is 0 Å². The zero-order valence-electron chi connectivity index (χ0n) is 9.49. The molecule has 1 rings (SSSR count). The molecule has 0 saturated carbocycles. The summed E-state index contributed by atoms with van der Waals surface area (Å²) in [5.74, 6) is -4.06. The van der Waals surface area contributed by atoms with E-state index >= 15 is 0 Å². The van der Waals surface area contributed by atoms with Crippen LogP contribution in [0.25, 0.3) is 0 Å². The van der Waals surface area contributed by atoms with Crippen molar-refractivity contribution in [2.75, 3.05) is 7.05 Å². The minimum absolute atomic E-state index is 0.557. The van der Waals surface area contributed by atoms with E-state index < -0.39 is 35.6 Å². The van der Waals surface area contributed by atoms with Crippen molar-refractivity contribution < 1.29 is 32.3 Å². The summed E-state index contributed by atoms with van der Waals surface area (Å²) in [6.45, 7) is 1.23. The molecule has 1 heterocycles. The first-order valence-corrected chi connectivity index (χ1v) is 4.81. The van der Waals surface area contributed by atoms with Crippen molar-refractivity contribution in [3.8, 4) is 0 Å². The molecule has 0 aromatic carbocycles. The molecule has 8 heteroatoms. The highest BCUT2D eigenvalue weighted by atomic mass is 19.4. The Morgan fingerprint density at radius 3 is 2.33 bits per heavy atom. The number of amides is 1. The number of furan rings is 1. The van der Waals surface area contributed by atoms with Crippen LogP contribution in [0.4, 0.5) is 13.2 Å². The second-order valence-corrected chi connectivity index (χ2v) is 3.59. The molecule has 1 N–H and O–H groups in total. The van der Waals surface area contributed by atoms with Crippen molar-refractivity contribution in [3.63, 3.8) is 0 Å². The zero-order chi connectivity index (χ0) is 14.1. The number of rotatable bonds is 3. The Labute approximate surface area is 99.8 Å². The van der Waals surface area contributed by atoms with Gasteiger partial charge in [-0.2, -0.15) is 13.2 Å². The van der Waals surface area contributed by atoms with Crippen molar-refractivity contribution in [1.82, 2.24) is 4.90 Å². The standard InChI is InChI=1S/C10H10F3NO4/c1-5(9(16)17)14(2)8(15)6-3-4-7(18-6)10(11,12)13/h3-5H,1-2H3,(H,16,17). The van der Waals surface area contributed by atoms with Crippen LogP contribution in [0, 0.1) is 0 Å². The molecule has 0 radical (unpaired) electrons. The van der Waals surface area contributed by atoms with E-state index in [1.165, 1.54) is 6.92 Å². The molecule has 100 valence electrons. The van der Waals surface area contributed by atoms with Gasteiger partial charge >= 0.3 is 12.1 Å². The first kappa shape index (κ1) is 14.1. The van der Waals surface area contributed by atoms with Gasteiger partial charge in [-0.25, -0.2) is 4.79 Å². The molecule has 0 aliphatic carbocycles. The molecule has 0 saturated heterocycles. The second-order valence-electron chi connectivity index (χ2n) is 3.59. The van der Waals surface area contributed by atoms with E-state index in [0.717, 1.165) is 18.0 Å². The van der Waals surface area contributed by atoms with Gasteiger partial charge in [0.2, 0.25) is 5.76 Å². The predicted molar refractivity (Wildman–Crippen MR) is 52.9 cm³/mol. The van der Waals surface area contributed by atoms with Crippen molar-refractivity contribution >= 4 is 11.9 Å². The number of hydrogen-bond donors (Lipinski definition) is 1. The van der Waals surface area contributed by atoms with Gasteiger partial charge in [-0.3, -0.25) is 4.79 Å². The van der Waals surface area contributed by atoms with Crippen molar-refractivity contribution in [2.24, 2.45) is 0 Å². The summed E-state index contributed by atoms with van der Waals surface area (Å²) in [7, 11) is 1.16. The van der Waals surface area contributed by atoms with Crippen LogP contribution in [-0.2, 0) is 11.0 Å². The number of hydrogen-bond acceptors (Lipinski definition) is 3. The Hall–Kier alpha value is -1.99. The largest absolute Gasteiger partial charge is 0.480 e. The zero-order valence-corrected chi connectivity index (χ0v) is 9.49. The Balaban J connectivity index is 2.92. The number of alkyl halides is 3. The number of carboxylic acids is 1. The summed E-state index contributed by atoms with van der Waals surface area (Å²) < 4.78 is 41.1. The van der Waals surface area contributed by atoms with Crippen molar-refractivity contribution in [3.05, 3.63) is 23.7 Å². The number of nitrogens with zero attached hydrogens (tertiary/aromatic N) is 1. The van der Waals surface area contributed by atoms with Gasteiger partial charge in [0, 0.05) is 7.05 Å². The molecule has 0 aliphatic rings. The van der Waals surface area contributed by atoms with Crippen LogP contribution in [0.3, 0.4) is 0 Å². The molecular weight excluding hydrogens is 255 g/mol. The molecular formula is C10H10F3NO4. The molecule has 5 nitrogen and oxygen atoms in total. The van der Waals surface area contributed by atoms with E-state index in [9.17, 15) is 22.8 Å². The highest BCUT2D eigenvalue weighted by molar-refractivity contribution is 5.94. The molecule has 0 aliphatic heterocycles. The topological polar surface area (TPSA) is 70.8 Å². The van der Waals surface area contributed by atoms with Crippen LogP contribution < -0.4 is 0 Å². The molecule has 1 aromatic heterocycles.